The Morgan fingerprint density at radius 2 is 1.94 bits per heavy atom. The highest BCUT2D eigenvalue weighted by atomic mass is 16.6. The first-order chi connectivity index (χ1) is 15.2. The topological polar surface area (TPSA) is 87.7 Å². The molecule has 2 rings (SSSR count). The second kappa shape index (κ2) is 11.7. The van der Waals surface area contributed by atoms with Gasteiger partial charge in [0.2, 0.25) is 11.8 Å². The van der Waals surface area contributed by atoms with Gasteiger partial charge in [-0.1, -0.05) is 50.6 Å². The lowest BCUT2D eigenvalue weighted by molar-refractivity contribution is -0.140. The molecular weight excluding hydrogens is 406 g/mol. The maximum absolute atomic E-state index is 13.3. The summed E-state index contributed by atoms with van der Waals surface area (Å²) < 4.78 is 5.23. The minimum absolute atomic E-state index is 0.0262. The Labute approximate surface area is 191 Å². The van der Waals surface area contributed by atoms with E-state index in [1.165, 1.54) is 0 Å². The lowest BCUT2D eigenvalue weighted by atomic mass is 10.0. The molecule has 3 amide bonds. The van der Waals surface area contributed by atoms with Crippen LogP contribution < -0.4 is 10.6 Å². The highest BCUT2D eigenvalue weighted by molar-refractivity contribution is 5.91. The van der Waals surface area contributed by atoms with Crippen molar-refractivity contribution in [2.45, 2.75) is 77.5 Å². The van der Waals surface area contributed by atoms with Gasteiger partial charge in [0, 0.05) is 12.6 Å². The molecule has 1 unspecified atom stereocenters. The fourth-order valence-electron chi connectivity index (χ4n) is 3.44. The molecule has 1 aromatic carbocycles. The van der Waals surface area contributed by atoms with Crippen molar-refractivity contribution in [3.63, 3.8) is 0 Å². The van der Waals surface area contributed by atoms with Crippen molar-refractivity contribution >= 4 is 24.0 Å². The number of nitrogens with zero attached hydrogens (tertiary/aromatic N) is 1. The molecule has 2 N–H and O–H groups in total. The first-order valence-corrected chi connectivity index (χ1v) is 11.4. The predicted molar refractivity (Wildman–Crippen MR) is 126 cm³/mol. The first kappa shape index (κ1) is 25.4. The van der Waals surface area contributed by atoms with Gasteiger partial charge in [-0.15, -0.1) is 0 Å². The number of rotatable bonds is 11. The van der Waals surface area contributed by atoms with E-state index in [-0.39, 0.29) is 24.4 Å². The zero-order valence-corrected chi connectivity index (χ0v) is 19.8. The van der Waals surface area contributed by atoms with E-state index >= 15 is 0 Å². The first-order valence-electron chi connectivity index (χ1n) is 11.4. The van der Waals surface area contributed by atoms with Crippen molar-refractivity contribution in [2.24, 2.45) is 0 Å². The van der Waals surface area contributed by atoms with Crippen LogP contribution in [0.4, 0.5) is 4.79 Å². The molecule has 1 saturated carbocycles. The van der Waals surface area contributed by atoms with Crippen LogP contribution >= 0.6 is 0 Å². The number of benzene rings is 1. The van der Waals surface area contributed by atoms with Crippen molar-refractivity contribution in [1.82, 2.24) is 15.5 Å². The van der Waals surface area contributed by atoms with Gasteiger partial charge >= 0.3 is 6.09 Å². The highest BCUT2D eigenvalue weighted by Gasteiger charge is 2.41. The van der Waals surface area contributed by atoms with Crippen LogP contribution in [-0.4, -0.2) is 47.5 Å². The SMILES string of the molecule is C=Cc1cccc(C(C(=O)NCCCCC)N(C(=O)CNC(=O)OC(C)(C)C)C2CC2)c1. The average Bonchev–Trinajstić information content (AvgIpc) is 3.57. The van der Waals surface area contributed by atoms with E-state index in [0.29, 0.717) is 6.54 Å². The molecule has 0 radical (unpaired) electrons. The van der Waals surface area contributed by atoms with Crippen LogP contribution in [0.5, 0.6) is 0 Å². The van der Waals surface area contributed by atoms with E-state index < -0.39 is 17.7 Å². The monoisotopic (exact) mass is 443 g/mol. The van der Waals surface area contributed by atoms with Gasteiger partial charge in [-0.2, -0.15) is 0 Å². The second-order valence-electron chi connectivity index (χ2n) is 9.16. The third kappa shape index (κ3) is 8.02. The summed E-state index contributed by atoms with van der Waals surface area (Å²) in [5, 5.41) is 5.53. The smallest absolute Gasteiger partial charge is 0.408 e. The predicted octanol–water partition coefficient (Wildman–Crippen LogP) is 4.19. The Kier molecular flexibility index (Phi) is 9.29. The van der Waals surface area contributed by atoms with Gasteiger partial charge in [0.15, 0.2) is 0 Å². The minimum atomic E-state index is -0.767. The van der Waals surface area contributed by atoms with Crippen molar-refractivity contribution in [3.05, 3.63) is 42.0 Å². The van der Waals surface area contributed by atoms with Gasteiger partial charge in [-0.05, 0) is 57.2 Å². The molecule has 1 fully saturated rings. The van der Waals surface area contributed by atoms with E-state index in [0.717, 1.165) is 43.2 Å². The lowest BCUT2D eigenvalue weighted by Gasteiger charge is -2.32. The van der Waals surface area contributed by atoms with Crippen molar-refractivity contribution in [2.75, 3.05) is 13.1 Å². The van der Waals surface area contributed by atoms with Crippen molar-refractivity contribution in [3.8, 4) is 0 Å². The summed E-state index contributed by atoms with van der Waals surface area (Å²) in [4.78, 5) is 40.1. The number of amides is 3. The molecule has 7 heteroatoms. The summed E-state index contributed by atoms with van der Waals surface area (Å²) in [7, 11) is 0. The third-order valence-corrected chi connectivity index (χ3v) is 5.08. The molecule has 0 saturated heterocycles. The Morgan fingerprint density at radius 1 is 1.22 bits per heavy atom. The van der Waals surface area contributed by atoms with Crippen LogP contribution in [0.15, 0.2) is 30.8 Å². The van der Waals surface area contributed by atoms with E-state index in [1.807, 2.05) is 24.3 Å². The summed E-state index contributed by atoms with van der Waals surface area (Å²) in [5.74, 6) is -0.518. The van der Waals surface area contributed by atoms with Crippen molar-refractivity contribution in [1.29, 1.82) is 0 Å². The summed E-state index contributed by atoms with van der Waals surface area (Å²) in [6.07, 6.45) is 5.70. The lowest BCUT2D eigenvalue weighted by Crippen LogP contribution is -2.49. The summed E-state index contributed by atoms with van der Waals surface area (Å²) in [6.45, 7) is 11.5. The van der Waals surface area contributed by atoms with Crippen molar-refractivity contribution < 1.29 is 19.1 Å². The summed E-state index contributed by atoms with van der Waals surface area (Å²) >= 11 is 0. The maximum Gasteiger partial charge on any atom is 0.408 e. The second-order valence-corrected chi connectivity index (χ2v) is 9.16. The molecule has 0 aliphatic heterocycles. The van der Waals surface area contributed by atoms with Gasteiger partial charge in [-0.25, -0.2) is 4.79 Å². The third-order valence-electron chi connectivity index (χ3n) is 5.08. The van der Waals surface area contributed by atoms with Crippen LogP contribution in [0.2, 0.25) is 0 Å². The molecular formula is C25H37N3O4. The Balaban J connectivity index is 2.22. The molecule has 176 valence electrons. The molecule has 0 spiro atoms. The summed E-state index contributed by atoms with van der Waals surface area (Å²) in [6, 6.07) is 6.71. The zero-order chi connectivity index (χ0) is 23.7. The van der Waals surface area contributed by atoms with E-state index in [4.69, 9.17) is 4.74 Å². The number of carbonyl (C=O) groups is 3. The Bertz CT molecular complexity index is 812. The fraction of sp³-hybridized carbons (Fsp3) is 0.560. The Morgan fingerprint density at radius 3 is 2.53 bits per heavy atom. The molecule has 1 aliphatic rings. The number of ether oxygens (including phenoxy) is 1. The standard InChI is InChI=1S/C25H37N3O4/c1-6-8-9-15-26-23(30)22(19-12-10-11-18(7-2)16-19)28(20-13-14-20)21(29)17-27-24(31)32-25(3,4)5/h7,10-12,16,20,22H,2,6,8-9,13-15,17H2,1,3-5H3,(H,26,30)(H,27,31). The number of alkyl carbamates (subject to hydrolysis) is 1. The van der Waals surface area contributed by atoms with Gasteiger partial charge < -0.3 is 20.3 Å². The van der Waals surface area contributed by atoms with Gasteiger partial charge in [0.05, 0.1) is 0 Å². The zero-order valence-electron chi connectivity index (χ0n) is 19.8. The normalized spacial score (nSPS) is 14.2. The molecule has 1 aliphatic carbocycles. The van der Waals surface area contributed by atoms with E-state index in [9.17, 15) is 14.4 Å². The van der Waals surface area contributed by atoms with E-state index in [2.05, 4.69) is 24.1 Å². The number of hydrogen-bond donors (Lipinski definition) is 2. The van der Waals surface area contributed by atoms with Crippen LogP contribution in [0.25, 0.3) is 6.08 Å². The number of carbonyl (C=O) groups excluding carboxylic acids is 3. The molecule has 7 nitrogen and oxygen atoms in total. The Hall–Kier alpha value is -2.83. The maximum atomic E-state index is 13.3. The molecule has 0 aromatic heterocycles. The molecule has 1 aromatic rings. The van der Waals surface area contributed by atoms with Gasteiger partial charge in [-0.3, -0.25) is 9.59 Å². The van der Waals surface area contributed by atoms with Gasteiger partial charge in [0.1, 0.15) is 18.2 Å². The quantitative estimate of drug-likeness (QED) is 0.502. The minimum Gasteiger partial charge on any atom is -0.444 e. The van der Waals surface area contributed by atoms with E-state index in [1.54, 1.807) is 31.7 Å². The van der Waals surface area contributed by atoms with Crippen LogP contribution in [-0.2, 0) is 14.3 Å². The van der Waals surface area contributed by atoms with Crippen LogP contribution in [0.3, 0.4) is 0 Å². The largest absolute Gasteiger partial charge is 0.444 e. The average molecular weight is 444 g/mol. The highest BCUT2D eigenvalue weighted by Crippen LogP contribution is 2.35. The molecule has 1 atom stereocenters. The number of nitrogens with one attached hydrogen (secondary N) is 2. The van der Waals surface area contributed by atoms with Crippen LogP contribution in [0, 0.1) is 0 Å². The number of unbranched alkanes of at least 4 members (excludes halogenated alkanes) is 2. The fourth-order valence-corrected chi connectivity index (χ4v) is 3.44. The van der Waals surface area contributed by atoms with Gasteiger partial charge in [0.25, 0.3) is 0 Å². The number of hydrogen-bond acceptors (Lipinski definition) is 4. The summed E-state index contributed by atoms with van der Waals surface area (Å²) in [5.41, 5.74) is 0.948. The molecule has 32 heavy (non-hydrogen) atoms. The van der Waals surface area contributed by atoms with Crippen LogP contribution in [0.1, 0.15) is 77.0 Å². The molecule has 0 bridgehead atoms. The molecule has 0 heterocycles.